The van der Waals surface area contributed by atoms with E-state index < -0.39 is 0 Å². The molecule has 0 bridgehead atoms. The molecule has 0 saturated heterocycles. The third-order valence-electron chi connectivity index (χ3n) is 1.53. The zero-order valence-electron chi connectivity index (χ0n) is 5.85. The fourth-order valence-corrected chi connectivity index (χ4v) is 2.61. The molecule has 60 valence electrons. The predicted molar refractivity (Wildman–Crippen MR) is 59.0 cm³/mol. The van der Waals surface area contributed by atoms with Gasteiger partial charge in [-0.15, -0.1) is 12.6 Å². The Bertz CT molecular complexity index is 248. The molecule has 1 rings (SSSR count). The Labute approximate surface area is 89.1 Å². The van der Waals surface area contributed by atoms with Crippen molar-refractivity contribution < 1.29 is 0 Å². The van der Waals surface area contributed by atoms with Gasteiger partial charge in [0.05, 0.1) is 0 Å². The second kappa shape index (κ2) is 4.53. The maximum Gasteiger partial charge on any atom is 0.0297 e. The average molecular weight is 296 g/mol. The van der Waals surface area contributed by atoms with Crippen LogP contribution in [0.4, 0.5) is 0 Å². The van der Waals surface area contributed by atoms with Crippen LogP contribution in [0.2, 0.25) is 0 Å². The van der Waals surface area contributed by atoms with E-state index in [-0.39, 0.29) is 0 Å². The van der Waals surface area contributed by atoms with Crippen LogP contribution in [0.5, 0.6) is 0 Å². The summed E-state index contributed by atoms with van der Waals surface area (Å²) < 4.78 is 0. The molecule has 0 amide bonds. The number of thiol groups is 1. The molecule has 0 saturated carbocycles. The molecule has 0 aromatic heterocycles. The Morgan fingerprint density at radius 2 is 1.91 bits per heavy atom. The molecule has 0 aliphatic rings. The van der Waals surface area contributed by atoms with Crippen LogP contribution in [0.1, 0.15) is 11.1 Å². The molecular weight excluding hydrogens is 288 g/mol. The van der Waals surface area contributed by atoms with Crippen LogP contribution >= 0.6 is 44.5 Å². The quantitative estimate of drug-likeness (QED) is 0.623. The van der Waals surface area contributed by atoms with Gasteiger partial charge in [-0.05, 0) is 17.2 Å². The predicted octanol–water partition coefficient (Wildman–Crippen LogP) is 3.77. The van der Waals surface area contributed by atoms with Crippen LogP contribution in [-0.4, -0.2) is 0 Å². The maximum atomic E-state index is 4.35. The molecule has 3 heteroatoms. The highest BCUT2D eigenvalue weighted by Gasteiger charge is 2.01. The average Bonchev–Trinajstić information content (AvgIpc) is 2.04. The van der Waals surface area contributed by atoms with Crippen molar-refractivity contribution in [2.24, 2.45) is 0 Å². The molecular formula is C8H8Br2S. The molecule has 11 heavy (non-hydrogen) atoms. The molecule has 0 heterocycles. The van der Waals surface area contributed by atoms with Crippen molar-refractivity contribution in [3.63, 3.8) is 0 Å². The highest BCUT2D eigenvalue weighted by atomic mass is 79.9. The van der Waals surface area contributed by atoms with Gasteiger partial charge in [0.25, 0.3) is 0 Å². The van der Waals surface area contributed by atoms with E-state index >= 15 is 0 Å². The van der Waals surface area contributed by atoms with Crippen LogP contribution in [0, 0.1) is 0 Å². The van der Waals surface area contributed by atoms with Gasteiger partial charge in [-0.3, -0.25) is 0 Å². The van der Waals surface area contributed by atoms with Gasteiger partial charge < -0.3 is 0 Å². The van der Waals surface area contributed by atoms with Gasteiger partial charge in [-0.25, -0.2) is 0 Å². The lowest BCUT2D eigenvalue weighted by atomic mass is 10.1. The van der Waals surface area contributed by atoms with Crippen molar-refractivity contribution in [1.82, 2.24) is 0 Å². The molecule has 0 N–H and O–H groups in total. The number of hydrogen-bond acceptors (Lipinski definition) is 1. The highest BCUT2D eigenvalue weighted by Crippen LogP contribution is 2.22. The first kappa shape index (κ1) is 9.62. The number of hydrogen-bond donors (Lipinski definition) is 1. The van der Waals surface area contributed by atoms with Gasteiger partial charge in [0.15, 0.2) is 0 Å². The van der Waals surface area contributed by atoms with E-state index in [1.165, 1.54) is 11.1 Å². The van der Waals surface area contributed by atoms with E-state index in [0.29, 0.717) is 0 Å². The van der Waals surface area contributed by atoms with Crippen LogP contribution in [-0.2, 0) is 10.7 Å². The summed E-state index contributed by atoms with van der Waals surface area (Å²) in [5.41, 5.74) is 2.57. The van der Waals surface area contributed by atoms with E-state index in [2.05, 4.69) is 50.6 Å². The van der Waals surface area contributed by atoms with Gasteiger partial charge >= 0.3 is 0 Å². The summed E-state index contributed by atoms with van der Waals surface area (Å²) >= 11 is 11.2. The van der Waals surface area contributed by atoms with Crippen molar-refractivity contribution in [2.45, 2.75) is 15.6 Å². The molecule has 0 radical (unpaired) electrons. The first-order valence-electron chi connectivity index (χ1n) is 3.21. The molecule has 0 atom stereocenters. The Hall–Kier alpha value is 0.530. The third kappa shape index (κ3) is 2.23. The smallest absolute Gasteiger partial charge is 0.0297 e. The minimum Gasteiger partial charge on any atom is -0.143 e. The molecule has 0 aliphatic carbocycles. The zero-order chi connectivity index (χ0) is 8.27. The molecule has 1 aromatic carbocycles. The standard InChI is InChI=1S/C8H8Br2S/c9-4-6-2-1-3-8(11)7(6)5-10/h1-3,11H,4-5H2. The van der Waals surface area contributed by atoms with Crippen LogP contribution in [0.15, 0.2) is 23.1 Å². The van der Waals surface area contributed by atoms with Crippen molar-refractivity contribution in [1.29, 1.82) is 0 Å². The minimum atomic E-state index is 0.869. The normalized spacial score (nSPS) is 10.1. The summed E-state index contributed by atoms with van der Waals surface area (Å²) in [5, 5.41) is 1.76. The van der Waals surface area contributed by atoms with Gasteiger partial charge in [0.2, 0.25) is 0 Å². The van der Waals surface area contributed by atoms with Crippen molar-refractivity contribution in [3.05, 3.63) is 29.3 Å². The summed E-state index contributed by atoms with van der Waals surface area (Å²) in [5.74, 6) is 0. The zero-order valence-corrected chi connectivity index (χ0v) is 9.92. The van der Waals surface area contributed by atoms with Crippen LogP contribution in [0.25, 0.3) is 0 Å². The molecule has 0 nitrogen and oxygen atoms in total. The van der Waals surface area contributed by atoms with Crippen LogP contribution in [0.3, 0.4) is 0 Å². The van der Waals surface area contributed by atoms with Crippen LogP contribution < -0.4 is 0 Å². The second-order valence-electron chi connectivity index (χ2n) is 2.18. The molecule has 0 aliphatic heterocycles. The summed E-state index contributed by atoms with van der Waals surface area (Å²) in [7, 11) is 0. The largest absolute Gasteiger partial charge is 0.143 e. The lowest BCUT2D eigenvalue weighted by molar-refractivity contribution is 1.21. The van der Waals surface area contributed by atoms with E-state index in [1.807, 2.05) is 12.1 Å². The van der Waals surface area contributed by atoms with E-state index in [9.17, 15) is 0 Å². The van der Waals surface area contributed by atoms with E-state index in [0.717, 1.165) is 15.6 Å². The Morgan fingerprint density at radius 3 is 2.36 bits per heavy atom. The van der Waals surface area contributed by atoms with Gasteiger partial charge in [-0.1, -0.05) is 44.0 Å². The van der Waals surface area contributed by atoms with Crippen molar-refractivity contribution in [3.8, 4) is 0 Å². The van der Waals surface area contributed by atoms with Crippen molar-refractivity contribution >= 4 is 44.5 Å². The highest BCUT2D eigenvalue weighted by molar-refractivity contribution is 9.09. The van der Waals surface area contributed by atoms with E-state index in [1.54, 1.807) is 0 Å². The maximum absolute atomic E-state index is 4.35. The first-order chi connectivity index (χ1) is 5.29. The van der Waals surface area contributed by atoms with Gasteiger partial charge in [0, 0.05) is 15.6 Å². The lowest BCUT2D eigenvalue weighted by Crippen LogP contribution is -1.88. The fourth-order valence-electron chi connectivity index (χ4n) is 0.901. The third-order valence-corrected chi connectivity index (χ3v) is 3.11. The number of alkyl halides is 2. The minimum absolute atomic E-state index is 0.869. The first-order valence-corrected chi connectivity index (χ1v) is 5.90. The van der Waals surface area contributed by atoms with Gasteiger partial charge in [0.1, 0.15) is 0 Å². The number of halogens is 2. The molecule has 0 spiro atoms. The fraction of sp³-hybridized carbons (Fsp3) is 0.250. The lowest BCUT2D eigenvalue weighted by Gasteiger charge is -2.05. The molecule has 0 fully saturated rings. The Kier molecular flexibility index (Phi) is 3.96. The van der Waals surface area contributed by atoms with E-state index in [4.69, 9.17) is 0 Å². The second-order valence-corrected chi connectivity index (χ2v) is 3.79. The summed E-state index contributed by atoms with van der Waals surface area (Å²) in [6.45, 7) is 0. The SMILES string of the molecule is Sc1cccc(CBr)c1CBr. The molecule has 0 unspecified atom stereocenters. The summed E-state index contributed by atoms with van der Waals surface area (Å²) in [6.07, 6.45) is 0. The summed E-state index contributed by atoms with van der Waals surface area (Å²) in [4.78, 5) is 1.05. The topological polar surface area (TPSA) is 0 Å². The number of benzene rings is 1. The van der Waals surface area contributed by atoms with Gasteiger partial charge in [-0.2, -0.15) is 0 Å². The Morgan fingerprint density at radius 1 is 1.18 bits per heavy atom. The number of rotatable bonds is 2. The molecule has 1 aromatic rings. The monoisotopic (exact) mass is 294 g/mol. The Balaban J connectivity index is 3.13. The summed E-state index contributed by atoms with van der Waals surface area (Å²) in [6, 6.07) is 6.13. The van der Waals surface area contributed by atoms with Crippen molar-refractivity contribution in [2.75, 3.05) is 0 Å².